The van der Waals surface area contributed by atoms with Crippen LogP contribution in [-0.2, 0) is 6.42 Å². The second-order valence-corrected chi connectivity index (χ2v) is 2.83. The fraction of sp³-hybridized carbons (Fsp3) is 0.667. The molecule has 1 rings (SSSR count). The molecule has 0 fully saturated rings. The van der Waals surface area contributed by atoms with Crippen molar-refractivity contribution in [2.45, 2.75) is 39.5 Å². The molecule has 1 heterocycles. The number of nitrogens with zero attached hydrogens (tertiary/aromatic N) is 1. The van der Waals surface area contributed by atoms with Crippen LogP contribution in [0.25, 0.3) is 0 Å². The van der Waals surface area contributed by atoms with Gasteiger partial charge in [0.1, 0.15) is 5.76 Å². The molecule has 1 unspecified atom stereocenters. The van der Waals surface area contributed by atoms with Gasteiger partial charge in [0.2, 0.25) is 0 Å². The standard InChI is InChI=1S/C9H15NO/c1-4-7(3)9-10-6-8(5-2)11-9/h6-7H,4-5H2,1-3H3. The summed E-state index contributed by atoms with van der Waals surface area (Å²) in [6.45, 7) is 6.34. The molecule has 1 aromatic rings. The maximum Gasteiger partial charge on any atom is 0.197 e. The molecule has 1 aromatic heterocycles. The van der Waals surface area contributed by atoms with Gasteiger partial charge in [-0.25, -0.2) is 4.98 Å². The molecule has 0 aliphatic carbocycles. The van der Waals surface area contributed by atoms with E-state index in [2.05, 4.69) is 25.8 Å². The van der Waals surface area contributed by atoms with Crippen LogP contribution in [0.5, 0.6) is 0 Å². The average molecular weight is 153 g/mol. The van der Waals surface area contributed by atoms with Crippen LogP contribution >= 0.6 is 0 Å². The fourth-order valence-corrected chi connectivity index (χ4v) is 0.889. The zero-order valence-corrected chi connectivity index (χ0v) is 7.42. The summed E-state index contributed by atoms with van der Waals surface area (Å²) >= 11 is 0. The monoisotopic (exact) mass is 153 g/mol. The SMILES string of the molecule is CCc1cnc(C(C)CC)o1. The minimum absolute atomic E-state index is 0.454. The fourth-order valence-electron chi connectivity index (χ4n) is 0.889. The first-order valence-corrected chi connectivity index (χ1v) is 4.22. The van der Waals surface area contributed by atoms with Gasteiger partial charge < -0.3 is 4.42 Å². The lowest BCUT2D eigenvalue weighted by atomic mass is 10.1. The first-order valence-electron chi connectivity index (χ1n) is 4.22. The summed E-state index contributed by atoms with van der Waals surface area (Å²) in [5.41, 5.74) is 0. The van der Waals surface area contributed by atoms with Crippen LogP contribution in [0.2, 0.25) is 0 Å². The van der Waals surface area contributed by atoms with Crippen LogP contribution in [0.4, 0.5) is 0 Å². The van der Waals surface area contributed by atoms with Crippen LogP contribution in [0, 0.1) is 0 Å². The summed E-state index contributed by atoms with van der Waals surface area (Å²) in [4.78, 5) is 4.19. The number of rotatable bonds is 3. The Labute approximate surface area is 67.6 Å². The zero-order valence-electron chi connectivity index (χ0n) is 7.42. The van der Waals surface area contributed by atoms with E-state index in [-0.39, 0.29) is 0 Å². The molecule has 0 aromatic carbocycles. The topological polar surface area (TPSA) is 26.0 Å². The largest absolute Gasteiger partial charge is 0.445 e. The Morgan fingerprint density at radius 3 is 2.73 bits per heavy atom. The molecule has 0 N–H and O–H groups in total. The van der Waals surface area contributed by atoms with Crippen LogP contribution in [0.15, 0.2) is 10.6 Å². The molecule has 0 saturated heterocycles. The van der Waals surface area contributed by atoms with Gasteiger partial charge in [-0.05, 0) is 6.42 Å². The molecule has 0 aliphatic heterocycles. The van der Waals surface area contributed by atoms with E-state index < -0.39 is 0 Å². The molecule has 0 bridgehead atoms. The Kier molecular flexibility index (Phi) is 2.69. The van der Waals surface area contributed by atoms with Crippen LogP contribution < -0.4 is 0 Å². The predicted octanol–water partition coefficient (Wildman–Crippen LogP) is 2.75. The van der Waals surface area contributed by atoms with E-state index in [1.807, 2.05) is 6.20 Å². The molecule has 62 valence electrons. The number of oxazole rings is 1. The van der Waals surface area contributed by atoms with Gasteiger partial charge in [0.25, 0.3) is 0 Å². The molecule has 11 heavy (non-hydrogen) atoms. The van der Waals surface area contributed by atoms with Crippen molar-refractivity contribution in [3.05, 3.63) is 17.8 Å². The van der Waals surface area contributed by atoms with E-state index >= 15 is 0 Å². The zero-order chi connectivity index (χ0) is 8.27. The molecular formula is C9H15NO. The molecule has 0 saturated carbocycles. The maximum absolute atomic E-state index is 5.47. The molecule has 0 aliphatic rings. The molecule has 2 nitrogen and oxygen atoms in total. The Bertz CT molecular complexity index is 217. The highest BCUT2D eigenvalue weighted by atomic mass is 16.4. The lowest BCUT2D eigenvalue weighted by molar-refractivity contribution is 0.425. The number of aromatic nitrogens is 1. The first kappa shape index (κ1) is 8.31. The second kappa shape index (κ2) is 3.56. The normalized spacial score (nSPS) is 13.4. The van der Waals surface area contributed by atoms with Gasteiger partial charge in [-0.15, -0.1) is 0 Å². The van der Waals surface area contributed by atoms with E-state index in [1.54, 1.807) is 0 Å². The van der Waals surface area contributed by atoms with Gasteiger partial charge in [-0.1, -0.05) is 20.8 Å². The molecule has 2 heteroatoms. The third-order valence-electron chi connectivity index (χ3n) is 1.95. The second-order valence-electron chi connectivity index (χ2n) is 2.83. The van der Waals surface area contributed by atoms with Gasteiger partial charge >= 0.3 is 0 Å². The summed E-state index contributed by atoms with van der Waals surface area (Å²) in [7, 11) is 0. The molecule has 0 spiro atoms. The van der Waals surface area contributed by atoms with Gasteiger partial charge in [0.05, 0.1) is 6.20 Å². The quantitative estimate of drug-likeness (QED) is 0.667. The van der Waals surface area contributed by atoms with Gasteiger partial charge in [0.15, 0.2) is 5.89 Å². The number of hydrogen-bond donors (Lipinski definition) is 0. The molecule has 0 amide bonds. The minimum Gasteiger partial charge on any atom is -0.445 e. The van der Waals surface area contributed by atoms with E-state index in [4.69, 9.17) is 4.42 Å². The summed E-state index contributed by atoms with van der Waals surface area (Å²) in [5.74, 6) is 2.32. The molecule has 1 atom stereocenters. The van der Waals surface area contributed by atoms with E-state index in [1.165, 1.54) is 0 Å². The highest BCUT2D eigenvalue weighted by Gasteiger charge is 2.08. The Hall–Kier alpha value is -0.790. The maximum atomic E-state index is 5.47. The summed E-state index contributed by atoms with van der Waals surface area (Å²) in [6.07, 6.45) is 3.84. The Morgan fingerprint density at radius 1 is 1.55 bits per heavy atom. The summed E-state index contributed by atoms with van der Waals surface area (Å²) in [5, 5.41) is 0. The smallest absolute Gasteiger partial charge is 0.197 e. The van der Waals surface area contributed by atoms with Crippen molar-refractivity contribution in [3.8, 4) is 0 Å². The van der Waals surface area contributed by atoms with Crippen molar-refractivity contribution in [1.29, 1.82) is 0 Å². The van der Waals surface area contributed by atoms with Crippen molar-refractivity contribution in [2.75, 3.05) is 0 Å². The van der Waals surface area contributed by atoms with E-state index in [0.717, 1.165) is 24.5 Å². The first-order chi connectivity index (χ1) is 5.27. The summed E-state index contributed by atoms with van der Waals surface area (Å²) < 4.78 is 5.47. The van der Waals surface area contributed by atoms with Crippen LogP contribution in [-0.4, -0.2) is 4.98 Å². The molecule has 0 radical (unpaired) electrons. The lowest BCUT2D eigenvalue weighted by Crippen LogP contribution is -1.89. The predicted molar refractivity (Wildman–Crippen MR) is 44.6 cm³/mol. The Balaban J connectivity index is 2.71. The minimum atomic E-state index is 0.454. The number of aryl methyl sites for hydroxylation is 1. The highest BCUT2D eigenvalue weighted by Crippen LogP contribution is 2.17. The molecular weight excluding hydrogens is 138 g/mol. The van der Waals surface area contributed by atoms with Crippen LogP contribution in [0.1, 0.15) is 44.8 Å². The third kappa shape index (κ3) is 1.82. The van der Waals surface area contributed by atoms with Crippen molar-refractivity contribution in [1.82, 2.24) is 4.98 Å². The average Bonchev–Trinajstić information content (AvgIpc) is 2.50. The van der Waals surface area contributed by atoms with Gasteiger partial charge in [0, 0.05) is 12.3 Å². The summed E-state index contributed by atoms with van der Waals surface area (Å²) in [6, 6.07) is 0. The van der Waals surface area contributed by atoms with Crippen molar-refractivity contribution < 1.29 is 4.42 Å². The highest BCUT2D eigenvalue weighted by molar-refractivity contribution is 4.97. The Morgan fingerprint density at radius 2 is 2.27 bits per heavy atom. The van der Waals surface area contributed by atoms with Crippen molar-refractivity contribution >= 4 is 0 Å². The van der Waals surface area contributed by atoms with Gasteiger partial charge in [-0.2, -0.15) is 0 Å². The van der Waals surface area contributed by atoms with E-state index in [9.17, 15) is 0 Å². The lowest BCUT2D eigenvalue weighted by Gasteiger charge is -2.00. The van der Waals surface area contributed by atoms with Crippen LogP contribution in [0.3, 0.4) is 0 Å². The third-order valence-corrected chi connectivity index (χ3v) is 1.95. The van der Waals surface area contributed by atoms with E-state index in [0.29, 0.717) is 5.92 Å². The van der Waals surface area contributed by atoms with Crippen molar-refractivity contribution in [2.24, 2.45) is 0 Å². The number of hydrogen-bond acceptors (Lipinski definition) is 2. The van der Waals surface area contributed by atoms with Crippen molar-refractivity contribution in [3.63, 3.8) is 0 Å². The van der Waals surface area contributed by atoms with Gasteiger partial charge in [-0.3, -0.25) is 0 Å².